The van der Waals surface area contributed by atoms with E-state index < -0.39 is 11.7 Å². The van der Waals surface area contributed by atoms with Crippen molar-refractivity contribution in [3.05, 3.63) is 35.4 Å². The first-order chi connectivity index (χ1) is 14.6. The van der Waals surface area contributed by atoms with Crippen molar-refractivity contribution in [2.45, 2.75) is 43.9 Å². The van der Waals surface area contributed by atoms with E-state index in [2.05, 4.69) is 5.32 Å². The fourth-order valence-electron chi connectivity index (χ4n) is 4.03. The average molecular weight is 440 g/mol. The Bertz CT molecular complexity index is 820. The number of rotatable bonds is 5. The van der Waals surface area contributed by atoms with Gasteiger partial charge in [-0.2, -0.15) is 13.2 Å². The standard InChI is InChI=1S/C21H27F3N4O3/c1-26-13-17(19(30)27(2)20(26)31)28-11-9-16(10-12-28)25-18(29)8-5-14-3-6-15(7-4-14)21(22,23)24/h3-4,6-7,16-17H,5,8-13H2,1-2H3,(H,25,29). The Hall–Kier alpha value is -2.62. The van der Waals surface area contributed by atoms with E-state index in [9.17, 15) is 27.6 Å². The molecule has 2 aliphatic rings. The number of benzene rings is 1. The summed E-state index contributed by atoms with van der Waals surface area (Å²) in [5.41, 5.74) is -0.0257. The number of aryl methyl sites for hydroxylation is 1. The number of imide groups is 1. The van der Waals surface area contributed by atoms with Gasteiger partial charge in [0.15, 0.2) is 0 Å². The van der Waals surface area contributed by atoms with Gasteiger partial charge in [-0.1, -0.05) is 12.1 Å². The third-order valence-electron chi connectivity index (χ3n) is 5.93. The number of carbonyl (C=O) groups excluding carboxylic acids is 3. The molecular formula is C21H27F3N4O3. The molecule has 0 aliphatic carbocycles. The fourth-order valence-corrected chi connectivity index (χ4v) is 4.03. The summed E-state index contributed by atoms with van der Waals surface area (Å²) >= 11 is 0. The van der Waals surface area contributed by atoms with Crippen molar-refractivity contribution in [2.75, 3.05) is 33.7 Å². The molecule has 170 valence electrons. The first-order valence-corrected chi connectivity index (χ1v) is 10.3. The highest BCUT2D eigenvalue weighted by molar-refractivity contribution is 5.99. The van der Waals surface area contributed by atoms with Gasteiger partial charge in [0.25, 0.3) is 0 Å². The molecule has 31 heavy (non-hydrogen) atoms. The molecule has 0 radical (unpaired) electrons. The molecule has 4 amide bonds. The van der Waals surface area contributed by atoms with Crippen LogP contribution in [0.4, 0.5) is 18.0 Å². The summed E-state index contributed by atoms with van der Waals surface area (Å²) in [6.45, 7) is 1.62. The highest BCUT2D eigenvalue weighted by Gasteiger charge is 2.39. The van der Waals surface area contributed by atoms with E-state index in [1.54, 1.807) is 7.05 Å². The third kappa shape index (κ3) is 5.55. The summed E-state index contributed by atoms with van der Waals surface area (Å²) in [6.07, 6.45) is -2.42. The first kappa shape index (κ1) is 23.1. The summed E-state index contributed by atoms with van der Waals surface area (Å²) in [5.74, 6) is -0.348. The molecule has 1 atom stereocenters. The Morgan fingerprint density at radius 2 is 1.71 bits per heavy atom. The maximum absolute atomic E-state index is 12.6. The first-order valence-electron chi connectivity index (χ1n) is 10.3. The number of carbonyl (C=O) groups is 3. The van der Waals surface area contributed by atoms with Gasteiger partial charge in [0, 0.05) is 46.2 Å². The summed E-state index contributed by atoms with van der Waals surface area (Å²) in [6, 6.07) is 4.16. The number of halogens is 3. The molecule has 0 saturated carbocycles. The Morgan fingerprint density at radius 1 is 1.10 bits per heavy atom. The number of likely N-dealkylation sites (N-methyl/N-ethyl adjacent to an activating group) is 2. The van der Waals surface area contributed by atoms with Crippen molar-refractivity contribution in [3.8, 4) is 0 Å². The van der Waals surface area contributed by atoms with Crippen LogP contribution in [0.2, 0.25) is 0 Å². The summed E-state index contributed by atoms with van der Waals surface area (Å²) in [5, 5.41) is 2.98. The highest BCUT2D eigenvalue weighted by Crippen LogP contribution is 2.29. The van der Waals surface area contributed by atoms with Crippen LogP contribution in [0.15, 0.2) is 24.3 Å². The molecule has 0 bridgehead atoms. The molecule has 1 unspecified atom stereocenters. The number of likely N-dealkylation sites (tertiary alicyclic amines) is 1. The third-order valence-corrected chi connectivity index (χ3v) is 5.93. The van der Waals surface area contributed by atoms with Gasteiger partial charge in [-0.25, -0.2) is 4.79 Å². The van der Waals surface area contributed by atoms with Gasteiger partial charge in [-0.15, -0.1) is 0 Å². The van der Waals surface area contributed by atoms with Gasteiger partial charge >= 0.3 is 12.2 Å². The van der Waals surface area contributed by atoms with Gasteiger partial charge in [0.2, 0.25) is 11.8 Å². The predicted octanol–water partition coefficient (Wildman–Crippen LogP) is 2.11. The van der Waals surface area contributed by atoms with E-state index >= 15 is 0 Å². The van der Waals surface area contributed by atoms with Crippen LogP contribution in [-0.2, 0) is 22.2 Å². The molecule has 3 rings (SSSR count). The summed E-state index contributed by atoms with van der Waals surface area (Å²) in [4.78, 5) is 41.3. The fraction of sp³-hybridized carbons (Fsp3) is 0.571. The normalized spacial score (nSPS) is 21.5. The lowest BCUT2D eigenvalue weighted by Gasteiger charge is -2.42. The van der Waals surface area contributed by atoms with Crippen LogP contribution >= 0.6 is 0 Å². The van der Waals surface area contributed by atoms with Crippen molar-refractivity contribution in [1.29, 1.82) is 0 Å². The Balaban J connectivity index is 1.43. The second-order valence-electron chi connectivity index (χ2n) is 8.15. The van der Waals surface area contributed by atoms with Crippen LogP contribution in [0.1, 0.15) is 30.4 Å². The number of nitrogens with zero attached hydrogens (tertiary/aromatic N) is 3. The zero-order valence-corrected chi connectivity index (χ0v) is 17.6. The maximum atomic E-state index is 12.6. The van der Waals surface area contributed by atoms with E-state index in [1.807, 2.05) is 4.90 Å². The number of urea groups is 1. The molecule has 0 spiro atoms. The van der Waals surface area contributed by atoms with E-state index in [-0.39, 0.29) is 36.3 Å². The minimum Gasteiger partial charge on any atom is -0.353 e. The lowest BCUT2D eigenvalue weighted by Crippen LogP contribution is -2.63. The Labute approximate surface area is 179 Å². The monoisotopic (exact) mass is 440 g/mol. The number of piperidine rings is 1. The van der Waals surface area contributed by atoms with Crippen molar-refractivity contribution in [3.63, 3.8) is 0 Å². The lowest BCUT2D eigenvalue weighted by molar-refractivity contribution is -0.138. The van der Waals surface area contributed by atoms with Gasteiger partial charge in [-0.3, -0.25) is 19.4 Å². The van der Waals surface area contributed by atoms with E-state index in [0.717, 1.165) is 17.0 Å². The van der Waals surface area contributed by atoms with Crippen LogP contribution in [-0.4, -0.2) is 78.4 Å². The lowest BCUT2D eigenvalue weighted by atomic mass is 10.0. The zero-order valence-electron chi connectivity index (χ0n) is 17.6. The molecule has 2 saturated heterocycles. The Kier molecular flexibility index (Phi) is 6.88. The van der Waals surface area contributed by atoms with Crippen LogP contribution in [0, 0.1) is 0 Å². The molecule has 1 aromatic rings. The summed E-state index contributed by atoms with van der Waals surface area (Å²) in [7, 11) is 3.15. The second-order valence-corrected chi connectivity index (χ2v) is 8.15. The van der Waals surface area contributed by atoms with Gasteiger partial charge in [0.1, 0.15) is 6.04 Å². The van der Waals surface area contributed by atoms with Crippen molar-refractivity contribution in [1.82, 2.24) is 20.0 Å². The number of hydrogen-bond acceptors (Lipinski definition) is 4. The molecule has 10 heteroatoms. The zero-order chi connectivity index (χ0) is 22.8. The van der Waals surface area contributed by atoms with E-state index in [1.165, 1.54) is 24.1 Å². The quantitative estimate of drug-likeness (QED) is 0.761. The average Bonchev–Trinajstić information content (AvgIpc) is 2.74. The molecule has 2 heterocycles. The second kappa shape index (κ2) is 9.25. The van der Waals surface area contributed by atoms with Gasteiger partial charge in [-0.05, 0) is 37.0 Å². The van der Waals surface area contributed by atoms with Crippen molar-refractivity contribution >= 4 is 17.8 Å². The van der Waals surface area contributed by atoms with Crippen molar-refractivity contribution in [2.24, 2.45) is 0 Å². The predicted molar refractivity (Wildman–Crippen MR) is 107 cm³/mol. The molecule has 7 nitrogen and oxygen atoms in total. The molecule has 1 aromatic carbocycles. The minimum absolute atomic E-state index is 0.00728. The smallest absolute Gasteiger partial charge is 0.353 e. The van der Waals surface area contributed by atoms with Crippen LogP contribution < -0.4 is 5.32 Å². The van der Waals surface area contributed by atoms with E-state index in [0.29, 0.717) is 44.5 Å². The SMILES string of the molecule is CN1CC(N2CCC(NC(=O)CCc3ccc(C(F)(F)F)cc3)CC2)C(=O)N(C)C1=O. The molecule has 1 N–H and O–H groups in total. The molecule has 0 aromatic heterocycles. The number of alkyl halides is 3. The van der Waals surface area contributed by atoms with Gasteiger partial charge in [0.05, 0.1) is 5.56 Å². The van der Waals surface area contributed by atoms with E-state index in [4.69, 9.17) is 0 Å². The highest BCUT2D eigenvalue weighted by atomic mass is 19.4. The molecular weight excluding hydrogens is 413 g/mol. The Morgan fingerprint density at radius 3 is 2.29 bits per heavy atom. The summed E-state index contributed by atoms with van der Waals surface area (Å²) < 4.78 is 37.8. The van der Waals surface area contributed by atoms with Crippen molar-refractivity contribution < 1.29 is 27.6 Å². The topological polar surface area (TPSA) is 73.0 Å². The van der Waals surface area contributed by atoms with Gasteiger partial charge < -0.3 is 10.2 Å². The van der Waals surface area contributed by atoms with Crippen LogP contribution in [0.5, 0.6) is 0 Å². The number of nitrogens with one attached hydrogen (secondary N) is 1. The number of hydrogen-bond donors (Lipinski definition) is 1. The maximum Gasteiger partial charge on any atom is 0.416 e. The number of amides is 4. The van der Waals surface area contributed by atoms with Crippen LogP contribution in [0.25, 0.3) is 0 Å². The largest absolute Gasteiger partial charge is 0.416 e. The van der Waals surface area contributed by atoms with Crippen LogP contribution in [0.3, 0.4) is 0 Å². The minimum atomic E-state index is -4.37. The molecule has 2 fully saturated rings. The molecule has 2 aliphatic heterocycles.